The third-order valence-corrected chi connectivity index (χ3v) is 4.49. The molecule has 0 saturated heterocycles. The molecule has 0 aliphatic carbocycles. The van der Waals surface area contributed by atoms with Crippen molar-refractivity contribution in [1.82, 2.24) is 9.97 Å². The van der Waals surface area contributed by atoms with Crippen LogP contribution in [0.4, 0.5) is 8.78 Å². The smallest absolute Gasteiger partial charge is 0.150 e. The van der Waals surface area contributed by atoms with Gasteiger partial charge in [0.25, 0.3) is 0 Å². The van der Waals surface area contributed by atoms with Gasteiger partial charge in [-0.2, -0.15) is 5.26 Å². The Balaban J connectivity index is 1.98. The topological polar surface area (TPSA) is 97.2 Å². The lowest BCUT2D eigenvalue weighted by Crippen LogP contribution is -2.50. The Hall–Kier alpha value is -3.18. The van der Waals surface area contributed by atoms with Crippen LogP contribution in [0.25, 0.3) is 11.9 Å². The number of pyridine rings is 2. The Morgan fingerprint density at radius 3 is 2.64 bits per heavy atom. The second kappa shape index (κ2) is 7.09. The van der Waals surface area contributed by atoms with E-state index < -0.39 is 22.8 Å². The molecule has 0 spiro atoms. The van der Waals surface area contributed by atoms with Crippen molar-refractivity contribution >= 4 is 17.7 Å². The van der Waals surface area contributed by atoms with Gasteiger partial charge in [0.15, 0.2) is 5.83 Å². The lowest BCUT2D eigenvalue weighted by molar-refractivity contribution is -0.0105. The van der Waals surface area contributed by atoms with Crippen LogP contribution in [0.2, 0.25) is 0 Å². The van der Waals surface area contributed by atoms with E-state index in [1.54, 1.807) is 20.8 Å². The highest BCUT2D eigenvalue weighted by Crippen LogP contribution is 2.33. The summed E-state index contributed by atoms with van der Waals surface area (Å²) in [5.74, 6) is -1.02. The maximum absolute atomic E-state index is 14.5. The number of halogens is 2. The normalized spacial score (nSPS) is 21.7. The minimum Gasteiger partial charge on any atom is -0.385 e. The molecule has 1 aliphatic heterocycles. The van der Waals surface area contributed by atoms with Gasteiger partial charge >= 0.3 is 0 Å². The van der Waals surface area contributed by atoms with Gasteiger partial charge in [-0.05, 0) is 45.0 Å². The molecule has 0 bridgehead atoms. The van der Waals surface area contributed by atoms with Crippen molar-refractivity contribution in [3.8, 4) is 6.07 Å². The number of aromatic nitrogens is 2. The summed E-state index contributed by atoms with van der Waals surface area (Å²) in [5, 5.41) is 8.78. The summed E-state index contributed by atoms with van der Waals surface area (Å²) in [6.45, 7) is 5.28. The van der Waals surface area contributed by atoms with Crippen molar-refractivity contribution in [1.29, 1.82) is 5.26 Å². The van der Waals surface area contributed by atoms with Gasteiger partial charge in [-0.25, -0.2) is 13.8 Å². The highest BCUT2D eigenvalue weighted by Gasteiger charge is 2.40. The molecule has 0 fully saturated rings. The van der Waals surface area contributed by atoms with Crippen LogP contribution in [-0.2, 0) is 10.3 Å². The quantitative estimate of drug-likeness (QED) is 0.877. The number of rotatable bonds is 3. The molecule has 28 heavy (non-hydrogen) atoms. The van der Waals surface area contributed by atoms with Gasteiger partial charge in [0.1, 0.15) is 34.6 Å². The van der Waals surface area contributed by atoms with Crippen LogP contribution < -0.4 is 5.73 Å². The largest absolute Gasteiger partial charge is 0.385 e. The molecule has 1 atom stereocenters. The Labute approximate surface area is 161 Å². The van der Waals surface area contributed by atoms with Gasteiger partial charge < -0.3 is 10.5 Å². The minimum absolute atomic E-state index is 0.0142. The van der Waals surface area contributed by atoms with E-state index in [9.17, 15) is 8.78 Å². The van der Waals surface area contributed by atoms with E-state index in [1.165, 1.54) is 30.5 Å². The predicted molar refractivity (Wildman–Crippen MR) is 101 cm³/mol. The first kappa shape index (κ1) is 19.6. The first-order valence-electron chi connectivity index (χ1n) is 8.55. The van der Waals surface area contributed by atoms with Gasteiger partial charge in [0.2, 0.25) is 0 Å². The Morgan fingerprint density at radius 2 is 2.04 bits per heavy atom. The van der Waals surface area contributed by atoms with Gasteiger partial charge in [0, 0.05) is 12.3 Å². The molecule has 0 saturated carbocycles. The maximum atomic E-state index is 14.5. The van der Waals surface area contributed by atoms with Gasteiger partial charge in [-0.3, -0.25) is 9.98 Å². The predicted octanol–water partition coefficient (Wildman–Crippen LogP) is 3.34. The van der Waals surface area contributed by atoms with Crippen LogP contribution in [0.5, 0.6) is 0 Å². The number of nitrogens with zero attached hydrogens (tertiary/aromatic N) is 4. The first-order valence-corrected chi connectivity index (χ1v) is 8.55. The zero-order valence-corrected chi connectivity index (χ0v) is 15.7. The van der Waals surface area contributed by atoms with E-state index >= 15 is 0 Å². The van der Waals surface area contributed by atoms with Crippen molar-refractivity contribution in [3.63, 3.8) is 0 Å². The highest BCUT2D eigenvalue weighted by atomic mass is 19.1. The number of nitriles is 1. The molecule has 2 N–H and O–H groups in total. The molecule has 6 nitrogen and oxygen atoms in total. The molecule has 144 valence electrons. The van der Waals surface area contributed by atoms with Crippen molar-refractivity contribution in [2.75, 3.05) is 6.61 Å². The second-order valence-electron chi connectivity index (χ2n) is 7.17. The van der Waals surface area contributed by atoms with Crippen LogP contribution in [0.15, 0.2) is 35.5 Å². The Bertz CT molecular complexity index is 1010. The molecule has 3 rings (SSSR count). The SMILES string of the molecule is CC1(C)OC[C@@](C)(c2nc(/C=C(\F)c3ccc(C#N)cn3)ccc2F)N=C1N. The molecule has 3 heterocycles. The van der Waals surface area contributed by atoms with E-state index in [4.69, 9.17) is 15.7 Å². The van der Waals surface area contributed by atoms with E-state index in [0.29, 0.717) is 5.56 Å². The fourth-order valence-electron chi connectivity index (χ4n) is 2.67. The molecule has 8 heteroatoms. The van der Waals surface area contributed by atoms with Gasteiger partial charge in [0.05, 0.1) is 23.6 Å². The molecular formula is C20H19F2N5O. The summed E-state index contributed by atoms with van der Waals surface area (Å²) < 4.78 is 34.7. The van der Waals surface area contributed by atoms with E-state index in [1.807, 2.05) is 6.07 Å². The van der Waals surface area contributed by atoms with Crippen LogP contribution in [0, 0.1) is 17.1 Å². The van der Waals surface area contributed by atoms with Crippen LogP contribution >= 0.6 is 0 Å². The molecule has 1 aliphatic rings. The van der Waals surface area contributed by atoms with Gasteiger partial charge in [-0.15, -0.1) is 0 Å². The number of hydrogen-bond donors (Lipinski definition) is 1. The summed E-state index contributed by atoms with van der Waals surface area (Å²) in [4.78, 5) is 12.5. The van der Waals surface area contributed by atoms with Crippen molar-refractivity contribution in [2.24, 2.45) is 10.7 Å². The molecule has 0 aromatic carbocycles. The van der Waals surface area contributed by atoms with E-state index in [2.05, 4.69) is 15.0 Å². The first-order chi connectivity index (χ1) is 13.1. The number of ether oxygens (including phenoxy) is 1. The molecule has 0 radical (unpaired) electrons. The zero-order valence-electron chi connectivity index (χ0n) is 15.7. The third-order valence-electron chi connectivity index (χ3n) is 4.49. The number of amidine groups is 1. The van der Waals surface area contributed by atoms with Crippen LogP contribution in [0.3, 0.4) is 0 Å². The Morgan fingerprint density at radius 1 is 1.29 bits per heavy atom. The monoisotopic (exact) mass is 383 g/mol. The maximum Gasteiger partial charge on any atom is 0.150 e. The average Bonchev–Trinajstić information content (AvgIpc) is 2.67. The molecule has 2 aromatic heterocycles. The standard InChI is InChI=1S/C20H19F2N5O/c1-19(2)18(24)27-20(3,11-28-19)17-14(21)6-5-13(26-17)8-15(22)16-7-4-12(9-23)10-25-16/h4-8,10H,11H2,1-3H3,(H2,24,27)/b15-8-/t20-/m0/s1. The van der Waals surface area contributed by atoms with Crippen LogP contribution in [0.1, 0.15) is 43.4 Å². The lowest BCUT2D eigenvalue weighted by atomic mass is 9.94. The zero-order chi connectivity index (χ0) is 20.5. The fourth-order valence-corrected chi connectivity index (χ4v) is 2.67. The van der Waals surface area contributed by atoms with Crippen molar-refractivity contribution < 1.29 is 13.5 Å². The summed E-state index contributed by atoms with van der Waals surface area (Å²) in [7, 11) is 0. The minimum atomic E-state index is -1.13. The summed E-state index contributed by atoms with van der Waals surface area (Å²) in [6.07, 6.45) is 2.41. The average molecular weight is 383 g/mol. The second-order valence-corrected chi connectivity index (χ2v) is 7.17. The summed E-state index contributed by atoms with van der Waals surface area (Å²) >= 11 is 0. The Kier molecular flexibility index (Phi) is 4.96. The van der Waals surface area contributed by atoms with Crippen molar-refractivity contribution in [3.05, 3.63) is 58.9 Å². The third kappa shape index (κ3) is 3.75. The fraction of sp³-hybridized carbons (Fsp3) is 0.300. The summed E-state index contributed by atoms with van der Waals surface area (Å²) in [6, 6.07) is 7.31. The molecule has 0 unspecified atom stereocenters. The van der Waals surface area contributed by atoms with Gasteiger partial charge in [-0.1, -0.05) is 0 Å². The molecule has 2 aromatic rings. The lowest BCUT2D eigenvalue weighted by Gasteiger charge is -2.37. The van der Waals surface area contributed by atoms with E-state index in [0.717, 1.165) is 6.08 Å². The van der Waals surface area contributed by atoms with Crippen LogP contribution in [-0.4, -0.2) is 28.0 Å². The molecule has 0 amide bonds. The highest BCUT2D eigenvalue weighted by molar-refractivity contribution is 5.89. The van der Waals surface area contributed by atoms with E-state index in [-0.39, 0.29) is 29.5 Å². The number of hydrogen-bond acceptors (Lipinski definition) is 6. The number of aliphatic imine (C=N–C) groups is 1. The molecular weight excluding hydrogens is 364 g/mol. The number of nitrogens with two attached hydrogens (primary N) is 1. The van der Waals surface area contributed by atoms with Crippen molar-refractivity contribution in [2.45, 2.75) is 31.9 Å². The summed E-state index contributed by atoms with van der Waals surface area (Å²) in [5.41, 5.74) is 4.66.